The van der Waals surface area contributed by atoms with Gasteiger partial charge in [0.1, 0.15) is 4.88 Å². The zero-order chi connectivity index (χ0) is 13.1. The number of nitrogens with zero attached hydrogens (tertiary/aromatic N) is 2. The maximum atomic E-state index is 12.1. The maximum absolute atomic E-state index is 12.1. The van der Waals surface area contributed by atoms with E-state index in [0.717, 1.165) is 24.2 Å². The first-order chi connectivity index (χ1) is 8.61. The Morgan fingerprint density at radius 1 is 1.61 bits per heavy atom. The number of ether oxygens (including phenoxy) is 1. The second kappa shape index (κ2) is 5.45. The van der Waals surface area contributed by atoms with Crippen LogP contribution in [-0.2, 0) is 4.74 Å². The van der Waals surface area contributed by atoms with Crippen LogP contribution >= 0.6 is 11.3 Å². The number of rotatable bonds is 3. The lowest BCUT2D eigenvalue weighted by molar-refractivity contribution is 0.0271. The smallest absolute Gasteiger partial charge is 0.365 e. The minimum Gasteiger partial charge on any atom is -0.476 e. The lowest BCUT2D eigenvalue weighted by Gasteiger charge is -2.31. The predicted molar refractivity (Wildman–Crippen MR) is 65.0 cm³/mol. The minimum absolute atomic E-state index is 0.0568. The summed E-state index contributed by atoms with van der Waals surface area (Å²) in [5.41, 5.74) is 0. The normalized spacial score (nSPS) is 19.8. The van der Waals surface area contributed by atoms with E-state index in [2.05, 4.69) is 4.98 Å². The Kier molecular flexibility index (Phi) is 3.93. The molecule has 1 aliphatic rings. The number of carboxylic acids is 1. The van der Waals surface area contributed by atoms with Gasteiger partial charge in [0, 0.05) is 20.2 Å². The fraction of sp³-hybridized carbons (Fsp3) is 0.545. The van der Waals surface area contributed by atoms with Crippen molar-refractivity contribution in [3.63, 3.8) is 0 Å². The molecule has 1 aromatic heterocycles. The van der Waals surface area contributed by atoms with E-state index in [1.54, 1.807) is 12.0 Å². The zero-order valence-electron chi connectivity index (χ0n) is 9.96. The largest absolute Gasteiger partial charge is 0.476 e. The Morgan fingerprint density at radius 3 is 3.00 bits per heavy atom. The van der Waals surface area contributed by atoms with Crippen LogP contribution in [0.1, 0.15) is 32.3 Å². The lowest BCUT2D eigenvalue weighted by atomic mass is 10.1. The molecule has 1 aliphatic heterocycles. The summed E-state index contributed by atoms with van der Waals surface area (Å²) in [6, 6.07) is 0. The number of hydrogen-bond acceptors (Lipinski definition) is 5. The van der Waals surface area contributed by atoms with E-state index in [1.807, 2.05) is 0 Å². The Morgan fingerprint density at radius 2 is 2.39 bits per heavy atom. The summed E-state index contributed by atoms with van der Waals surface area (Å²) < 4.78 is 5.25. The molecule has 1 unspecified atom stereocenters. The van der Waals surface area contributed by atoms with Crippen molar-refractivity contribution in [1.82, 2.24) is 9.88 Å². The SMILES string of the molecule is COC1CCCN(C(=O)c2cnc(C(=O)O)s2)C1. The number of carbonyl (C=O) groups excluding carboxylic acids is 1. The molecule has 2 rings (SSSR count). The van der Waals surface area contributed by atoms with Crippen molar-refractivity contribution >= 4 is 23.2 Å². The van der Waals surface area contributed by atoms with Gasteiger partial charge in [-0.2, -0.15) is 0 Å². The zero-order valence-corrected chi connectivity index (χ0v) is 10.8. The molecule has 98 valence electrons. The van der Waals surface area contributed by atoms with Crippen molar-refractivity contribution < 1.29 is 19.4 Å². The van der Waals surface area contributed by atoms with Gasteiger partial charge in [0.25, 0.3) is 5.91 Å². The molecule has 1 atom stereocenters. The van der Waals surface area contributed by atoms with Crippen molar-refractivity contribution in [3.8, 4) is 0 Å². The summed E-state index contributed by atoms with van der Waals surface area (Å²) in [4.78, 5) is 28.6. The third-order valence-corrected chi connectivity index (χ3v) is 3.87. The first kappa shape index (κ1) is 13.0. The highest BCUT2D eigenvalue weighted by atomic mass is 32.1. The molecule has 1 aromatic rings. The predicted octanol–water partition coefficient (Wildman–Crippen LogP) is 1.09. The molecule has 7 heteroatoms. The highest BCUT2D eigenvalue weighted by Gasteiger charge is 2.26. The first-order valence-corrected chi connectivity index (χ1v) is 6.44. The van der Waals surface area contributed by atoms with Crippen molar-refractivity contribution in [2.75, 3.05) is 20.2 Å². The van der Waals surface area contributed by atoms with Crippen LogP contribution < -0.4 is 0 Å². The molecule has 0 bridgehead atoms. The van der Waals surface area contributed by atoms with E-state index in [0.29, 0.717) is 18.0 Å². The van der Waals surface area contributed by atoms with Crippen molar-refractivity contribution in [3.05, 3.63) is 16.1 Å². The molecular formula is C11H14N2O4S. The van der Waals surface area contributed by atoms with Crippen LogP contribution in [0.5, 0.6) is 0 Å². The molecule has 0 aromatic carbocycles. The van der Waals surface area contributed by atoms with Crippen LogP contribution in [0.2, 0.25) is 0 Å². The maximum Gasteiger partial charge on any atom is 0.365 e. The molecule has 1 N–H and O–H groups in total. The fourth-order valence-corrected chi connectivity index (χ4v) is 2.67. The van der Waals surface area contributed by atoms with E-state index < -0.39 is 5.97 Å². The number of carboxylic acid groups (broad SMARTS) is 1. The van der Waals surface area contributed by atoms with Crippen molar-refractivity contribution in [2.24, 2.45) is 0 Å². The Hall–Kier alpha value is -1.47. The third-order valence-electron chi connectivity index (χ3n) is 2.90. The Labute approximate surface area is 108 Å². The fourth-order valence-electron chi connectivity index (χ4n) is 1.94. The molecule has 0 aliphatic carbocycles. The van der Waals surface area contributed by atoms with Crippen LogP contribution in [-0.4, -0.2) is 53.2 Å². The van der Waals surface area contributed by atoms with Crippen molar-refractivity contribution in [1.29, 1.82) is 0 Å². The van der Waals surface area contributed by atoms with Gasteiger partial charge in [0.2, 0.25) is 5.01 Å². The lowest BCUT2D eigenvalue weighted by Crippen LogP contribution is -2.42. The monoisotopic (exact) mass is 270 g/mol. The van der Waals surface area contributed by atoms with Gasteiger partial charge < -0.3 is 14.7 Å². The second-order valence-electron chi connectivity index (χ2n) is 4.09. The molecule has 0 radical (unpaired) electrons. The van der Waals surface area contributed by atoms with Gasteiger partial charge in [0.05, 0.1) is 12.3 Å². The second-order valence-corrected chi connectivity index (χ2v) is 5.12. The highest BCUT2D eigenvalue weighted by molar-refractivity contribution is 7.15. The molecule has 1 amide bonds. The van der Waals surface area contributed by atoms with E-state index in [9.17, 15) is 9.59 Å². The van der Waals surface area contributed by atoms with Crippen LogP contribution in [0.3, 0.4) is 0 Å². The molecule has 1 fully saturated rings. The van der Waals surface area contributed by atoms with Gasteiger partial charge in [-0.1, -0.05) is 0 Å². The highest BCUT2D eigenvalue weighted by Crippen LogP contribution is 2.19. The van der Waals surface area contributed by atoms with Crippen LogP contribution in [0.15, 0.2) is 6.20 Å². The summed E-state index contributed by atoms with van der Waals surface area (Å²) in [7, 11) is 1.63. The van der Waals surface area contributed by atoms with E-state index in [-0.39, 0.29) is 17.0 Å². The number of amides is 1. The third kappa shape index (κ3) is 2.68. The summed E-state index contributed by atoms with van der Waals surface area (Å²) in [5, 5.41) is 8.72. The Balaban J connectivity index is 2.07. The van der Waals surface area contributed by atoms with Gasteiger partial charge in [-0.3, -0.25) is 4.79 Å². The molecule has 18 heavy (non-hydrogen) atoms. The number of carbonyl (C=O) groups is 2. The van der Waals surface area contributed by atoms with E-state index in [1.165, 1.54) is 6.20 Å². The van der Waals surface area contributed by atoms with Gasteiger partial charge in [-0.15, -0.1) is 11.3 Å². The summed E-state index contributed by atoms with van der Waals surface area (Å²) >= 11 is 0.909. The van der Waals surface area contributed by atoms with Gasteiger partial charge in [0.15, 0.2) is 0 Å². The average molecular weight is 270 g/mol. The quantitative estimate of drug-likeness (QED) is 0.889. The number of likely N-dealkylation sites (tertiary alicyclic amines) is 1. The van der Waals surface area contributed by atoms with Crippen molar-refractivity contribution in [2.45, 2.75) is 18.9 Å². The van der Waals surface area contributed by atoms with Gasteiger partial charge >= 0.3 is 5.97 Å². The van der Waals surface area contributed by atoms with Gasteiger partial charge in [-0.05, 0) is 12.8 Å². The number of piperidine rings is 1. The van der Waals surface area contributed by atoms with E-state index >= 15 is 0 Å². The first-order valence-electron chi connectivity index (χ1n) is 5.63. The summed E-state index contributed by atoms with van der Waals surface area (Å²) in [5.74, 6) is -1.27. The van der Waals surface area contributed by atoms with Crippen LogP contribution in [0, 0.1) is 0 Å². The molecule has 6 nitrogen and oxygen atoms in total. The number of thiazole rings is 1. The average Bonchev–Trinajstić information content (AvgIpc) is 2.87. The van der Waals surface area contributed by atoms with E-state index in [4.69, 9.17) is 9.84 Å². The topological polar surface area (TPSA) is 79.7 Å². The Bertz CT molecular complexity index is 460. The number of aromatic carboxylic acids is 1. The van der Waals surface area contributed by atoms with Crippen LogP contribution in [0.4, 0.5) is 0 Å². The molecule has 0 spiro atoms. The number of methoxy groups -OCH3 is 1. The standard InChI is InChI=1S/C11H14N2O4S/c1-17-7-3-2-4-13(6-7)10(14)8-5-12-9(18-8)11(15)16/h5,7H,2-4,6H2,1H3,(H,15,16). The molecule has 0 saturated carbocycles. The number of aromatic nitrogens is 1. The molecule has 1 saturated heterocycles. The van der Waals surface area contributed by atoms with Gasteiger partial charge in [-0.25, -0.2) is 9.78 Å². The summed E-state index contributed by atoms with van der Waals surface area (Å²) in [6.45, 7) is 1.23. The minimum atomic E-state index is -1.10. The molecule has 2 heterocycles. The van der Waals surface area contributed by atoms with Crippen LogP contribution in [0.25, 0.3) is 0 Å². The number of hydrogen-bond donors (Lipinski definition) is 1. The molecular weight excluding hydrogens is 256 g/mol. The summed E-state index contributed by atoms with van der Waals surface area (Å²) in [6.07, 6.45) is 3.24.